The maximum absolute atomic E-state index is 5.68. The van der Waals surface area contributed by atoms with Gasteiger partial charge in [0.2, 0.25) is 0 Å². The van der Waals surface area contributed by atoms with Gasteiger partial charge >= 0.3 is 0 Å². The van der Waals surface area contributed by atoms with Gasteiger partial charge in [0.15, 0.2) is 0 Å². The summed E-state index contributed by atoms with van der Waals surface area (Å²) >= 11 is 1.90. The Labute approximate surface area is 96.1 Å². The largest absolute Gasteiger partial charge is 0.330 e. The summed E-state index contributed by atoms with van der Waals surface area (Å²) in [6, 6.07) is 2.86. The minimum Gasteiger partial charge on any atom is -0.330 e. The highest BCUT2D eigenvalue weighted by molar-refractivity contribution is 7.10. The van der Waals surface area contributed by atoms with Crippen LogP contribution in [-0.2, 0) is 6.42 Å². The van der Waals surface area contributed by atoms with E-state index in [1.54, 1.807) is 4.88 Å². The molecule has 1 aromatic heterocycles. The second-order valence-corrected chi connectivity index (χ2v) is 5.56. The smallest absolute Gasteiger partial charge is 0.0331 e. The summed E-state index contributed by atoms with van der Waals surface area (Å²) in [7, 11) is 0. The average Bonchev–Trinajstić information content (AvgIpc) is 2.70. The van der Waals surface area contributed by atoms with Crippen LogP contribution in [0.2, 0.25) is 0 Å². The van der Waals surface area contributed by atoms with Crippen LogP contribution in [-0.4, -0.2) is 24.5 Å². The van der Waals surface area contributed by atoms with Crippen LogP contribution in [0.4, 0.5) is 0 Å². The highest BCUT2D eigenvalue weighted by Crippen LogP contribution is 2.32. The third-order valence-corrected chi connectivity index (χ3v) is 4.35. The molecule has 1 aromatic rings. The molecule has 2 rings (SSSR count). The molecule has 1 aliphatic heterocycles. The Morgan fingerprint density at radius 1 is 1.67 bits per heavy atom. The van der Waals surface area contributed by atoms with E-state index in [0.717, 1.165) is 13.1 Å². The Balaban J connectivity index is 2.06. The van der Waals surface area contributed by atoms with Crippen molar-refractivity contribution >= 4 is 11.3 Å². The topological polar surface area (TPSA) is 29.3 Å². The first-order chi connectivity index (χ1) is 7.22. The van der Waals surface area contributed by atoms with E-state index in [0.29, 0.717) is 12.0 Å². The molecule has 0 amide bonds. The van der Waals surface area contributed by atoms with Crippen LogP contribution in [0.15, 0.2) is 11.4 Å². The summed E-state index contributed by atoms with van der Waals surface area (Å²) in [5.41, 5.74) is 7.22. The zero-order chi connectivity index (χ0) is 10.8. The molecule has 0 saturated carbocycles. The first-order valence-electron chi connectivity index (χ1n) is 5.72. The van der Waals surface area contributed by atoms with Gasteiger partial charge in [-0.1, -0.05) is 6.92 Å². The fourth-order valence-corrected chi connectivity index (χ4v) is 3.25. The fraction of sp³-hybridized carbons (Fsp3) is 0.667. The maximum atomic E-state index is 5.68. The Bertz CT molecular complexity index is 321. The van der Waals surface area contributed by atoms with E-state index in [9.17, 15) is 0 Å². The van der Waals surface area contributed by atoms with Gasteiger partial charge in [0.1, 0.15) is 0 Å². The quantitative estimate of drug-likeness (QED) is 0.853. The summed E-state index contributed by atoms with van der Waals surface area (Å²) in [6.07, 6.45) is 1.22. The van der Waals surface area contributed by atoms with Crippen molar-refractivity contribution in [1.82, 2.24) is 4.90 Å². The summed E-state index contributed by atoms with van der Waals surface area (Å²) in [4.78, 5) is 4.14. The van der Waals surface area contributed by atoms with Crippen molar-refractivity contribution in [2.24, 2.45) is 11.7 Å². The molecule has 1 aliphatic rings. The molecule has 3 heteroatoms. The molecular formula is C12H20N2S. The number of fused-ring (bicyclic) bond motifs is 1. The first-order valence-corrected chi connectivity index (χ1v) is 6.60. The third kappa shape index (κ3) is 2.25. The number of rotatable bonds is 3. The van der Waals surface area contributed by atoms with Crippen molar-refractivity contribution in [3.8, 4) is 0 Å². The van der Waals surface area contributed by atoms with Gasteiger partial charge in [-0.3, -0.25) is 4.90 Å². The van der Waals surface area contributed by atoms with Gasteiger partial charge in [0, 0.05) is 24.0 Å². The molecule has 0 aromatic carbocycles. The van der Waals surface area contributed by atoms with Crippen molar-refractivity contribution in [2.75, 3.05) is 19.6 Å². The molecule has 2 heterocycles. The molecule has 0 fully saturated rings. The number of nitrogens with zero attached hydrogens (tertiary/aromatic N) is 1. The van der Waals surface area contributed by atoms with Crippen molar-refractivity contribution in [3.05, 3.63) is 21.9 Å². The minimum atomic E-state index is 0.578. The molecule has 0 spiro atoms. The molecule has 2 unspecified atom stereocenters. The monoisotopic (exact) mass is 224 g/mol. The van der Waals surface area contributed by atoms with Crippen molar-refractivity contribution < 1.29 is 0 Å². The predicted octanol–water partition coefficient (Wildman–Crippen LogP) is 2.26. The first kappa shape index (κ1) is 11.1. The van der Waals surface area contributed by atoms with Gasteiger partial charge in [0.05, 0.1) is 0 Å². The lowest BCUT2D eigenvalue weighted by molar-refractivity contribution is 0.175. The van der Waals surface area contributed by atoms with E-state index < -0.39 is 0 Å². The van der Waals surface area contributed by atoms with Crippen molar-refractivity contribution in [2.45, 2.75) is 26.3 Å². The average molecular weight is 224 g/mol. The summed E-state index contributed by atoms with van der Waals surface area (Å²) in [5, 5.41) is 2.22. The number of hydrogen-bond acceptors (Lipinski definition) is 3. The van der Waals surface area contributed by atoms with Gasteiger partial charge in [-0.15, -0.1) is 11.3 Å². The minimum absolute atomic E-state index is 0.578. The van der Waals surface area contributed by atoms with Gasteiger partial charge in [-0.05, 0) is 42.8 Å². The van der Waals surface area contributed by atoms with Crippen molar-refractivity contribution in [1.29, 1.82) is 0 Å². The molecule has 2 N–H and O–H groups in total. The second kappa shape index (κ2) is 4.64. The lowest BCUT2D eigenvalue weighted by Crippen LogP contribution is -2.37. The Morgan fingerprint density at radius 2 is 2.47 bits per heavy atom. The highest BCUT2D eigenvalue weighted by Gasteiger charge is 2.25. The van der Waals surface area contributed by atoms with E-state index >= 15 is 0 Å². The van der Waals surface area contributed by atoms with E-state index in [2.05, 4.69) is 30.2 Å². The molecule has 15 heavy (non-hydrogen) atoms. The van der Waals surface area contributed by atoms with Gasteiger partial charge in [-0.2, -0.15) is 0 Å². The molecule has 0 radical (unpaired) electrons. The Kier molecular flexibility index (Phi) is 3.44. The molecule has 84 valence electrons. The number of nitrogens with two attached hydrogens (primary N) is 1. The molecule has 2 atom stereocenters. The molecular weight excluding hydrogens is 204 g/mol. The number of thiophene rings is 1. The number of hydrogen-bond donors (Lipinski definition) is 1. The van der Waals surface area contributed by atoms with E-state index in [1.165, 1.54) is 18.5 Å². The molecule has 2 nitrogen and oxygen atoms in total. The Hall–Kier alpha value is -0.380. The summed E-state index contributed by atoms with van der Waals surface area (Å²) in [5.74, 6) is 0.604. The van der Waals surface area contributed by atoms with Gasteiger partial charge in [-0.25, -0.2) is 0 Å². The molecule has 0 saturated heterocycles. The van der Waals surface area contributed by atoms with Crippen LogP contribution in [0.3, 0.4) is 0 Å². The van der Waals surface area contributed by atoms with Gasteiger partial charge in [0.25, 0.3) is 0 Å². The van der Waals surface area contributed by atoms with E-state index in [-0.39, 0.29) is 0 Å². The molecule has 0 bridgehead atoms. The third-order valence-electron chi connectivity index (χ3n) is 3.35. The van der Waals surface area contributed by atoms with Crippen LogP contribution in [0, 0.1) is 5.92 Å². The summed E-state index contributed by atoms with van der Waals surface area (Å²) in [6.45, 7) is 7.66. The maximum Gasteiger partial charge on any atom is 0.0331 e. The second-order valence-electron chi connectivity index (χ2n) is 4.56. The standard InChI is InChI=1S/C12H20N2S/c1-9(7-13)8-14-5-3-12-11(10(14)2)4-6-15-12/h4,6,9-10H,3,5,7-8,13H2,1-2H3. The zero-order valence-electron chi connectivity index (χ0n) is 9.57. The van der Waals surface area contributed by atoms with Crippen molar-refractivity contribution in [3.63, 3.8) is 0 Å². The lowest BCUT2D eigenvalue weighted by atomic mass is 10.00. The van der Waals surface area contributed by atoms with Crippen LogP contribution < -0.4 is 5.73 Å². The summed E-state index contributed by atoms with van der Waals surface area (Å²) < 4.78 is 0. The predicted molar refractivity (Wildman–Crippen MR) is 66.2 cm³/mol. The SMILES string of the molecule is CC(CN)CN1CCc2sccc2C1C. The van der Waals surface area contributed by atoms with E-state index in [1.807, 2.05) is 11.3 Å². The Morgan fingerprint density at radius 3 is 3.20 bits per heavy atom. The highest BCUT2D eigenvalue weighted by atomic mass is 32.1. The lowest BCUT2D eigenvalue weighted by Gasteiger charge is -2.35. The van der Waals surface area contributed by atoms with Crippen LogP contribution in [0.1, 0.15) is 30.3 Å². The van der Waals surface area contributed by atoms with E-state index in [4.69, 9.17) is 5.73 Å². The molecule has 0 aliphatic carbocycles. The fourth-order valence-electron chi connectivity index (χ4n) is 2.29. The normalized spacial score (nSPS) is 23.8. The van der Waals surface area contributed by atoms with Crippen LogP contribution >= 0.6 is 11.3 Å². The van der Waals surface area contributed by atoms with Crippen LogP contribution in [0.5, 0.6) is 0 Å². The zero-order valence-corrected chi connectivity index (χ0v) is 10.4. The van der Waals surface area contributed by atoms with Crippen LogP contribution in [0.25, 0.3) is 0 Å². The van der Waals surface area contributed by atoms with Gasteiger partial charge < -0.3 is 5.73 Å².